The van der Waals surface area contributed by atoms with Gasteiger partial charge in [-0.2, -0.15) is 0 Å². The van der Waals surface area contributed by atoms with Crippen LogP contribution in [0.3, 0.4) is 0 Å². The van der Waals surface area contributed by atoms with E-state index in [9.17, 15) is 44.4 Å². The van der Waals surface area contributed by atoms with Crippen LogP contribution in [0.2, 0.25) is 0 Å². The molecule has 1 aromatic rings. The van der Waals surface area contributed by atoms with Crippen LogP contribution in [0.1, 0.15) is 63.0 Å². The number of fused-ring (bicyclic) bond motifs is 3. The molecule has 5 rings (SSSR count). The lowest BCUT2D eigenvalue weighted by Gasteiger charge is -2.54. The molecule has 2 saturated carbocycles. The summed E-state index contributed by atoms with van der Waals surface area (Å²) in [6.45, 7) is 3.16. The monoisotopic (exact) mass is 611 g/mol. The number of phenolic OH excluding ortho intramolecular Hbond substituents is 1. The second-order valence-electron chi connectivity index (χ2n) is 12.3. The summed E-state index contributed by atoms with van der Waals surface area (Å²) in [6.07, 6.45) is 1.62. The molecule has 0 spiro atoms. The van der Waals surface area contributed by atoms with Crippen molar-refractivity contribution in [2.45, 2.75) is 69.6 Å². The Morgan fingerprint density at radius 1 is 1.11 bits per heavy atom. The van der Waals surface area contributed by atoms with Crippen molar-refractivity contribution in [1.82, 2.24) is 4.90 Å². The molecule has 2 fully saturated rings. The summed E-state index contributed by atoms with van der Waals surface area (Å²) in [6, 6.07) is 1.25. The number of amides is 2. The molecular weight excluding hydrogens is 574 g/mol. The van der Waals surface area contributed by atoms with Crippen molar-refractivity contribution in [2.24, 2.45) is 23.5 Å². The number of nitrogens with zero attached hydrogens (tertiary/aromatic N) is 1. The summed E-state index contributed by atoms with van der Waals surface area (Å²) in [5.41, 5.74) is 1.27. The number of hydrogen-bond donors (Lipinski definition) is 6. The number of phenols is 1. The van der Waals surface area contributed by atoms with E-state index in [4.69, 9.17) is 10.5 Å². The Balaban J connectivity index is 1.79. The molecule has 4 aliphatic carbocycles. The number of ether oxygens (including phenoxy) is 1. The smallest absolute Gasteiger partial charge is 0.305 e. The van der Waals surface area contributed by atoms with Crippen molar-refractivity contribution in [1.29, 1.82) is 0 Å². The molecule has 0 saturated heterocycles. The van der Waals surface area contributed by atoms with Gasteiger partial charge in [0.15, 0.2) is 11.4 Å². The molecule has 1 unspecified atom stereocenters. The average Bonchev–Trinajstić information content (AvgIpc) is 3.50. The number of aromatic hydroxyl groups is 1. The lowest BCUT2D eigenvalue weighted by Crippen LogP contribution is -2.71. The first-order valence-electron chi connectivity index (χ1n) is 14.7. The van der Waals surface area contributed by atoms with Gasteiger partial charge in [0.2, 0.25) is 11.7 Å². The van der Waals surface area contributed by atoms with Crippen molar-refractivity contribution >= 4 is 40.8 Å². The molecule has 0 aromatic heterocycles. The number of aliphatic hydroxyl groups is 3. The zero-order valence-electron chi connectivity index (χ0n) is 24.9. The molecular formula is C31H37N3O10. The van der Waals surface area contributed by atoms with E-state index in [0.29, 0.717) is 12.8 Å². The quantitative estimate of drug-likeness (QED) is 0.154. The van der Waals surface area contributed by atoms with E-state index >= 15 is 0 Å². The first kappa shape index (κ1) is 31.2. The number of benzene rings is 1. The van der Waals surface area contributed by atoms with Crippen LogP contribution in [0.5, 0.6) is 5.75 Å². The van der Waals surface area contributed by atoms with E-state index in [1.165, 1.54) is 38.1 Å². The normalized spacial score (nSPS) is 30.2. The Hall–Kier alpha value is -4.23. The van der Waals surface area contributed by atoms with Gasteiger partial charge in [-0.1, -0.05) is 26.7 Å². The standard InChI is InChI=1S/C31H37N3O10/c1-5-16(36)44-26-18-12(2)17-14(33-30(42)13-8-6-7-9-13)10-11-15(35)19(17)24(37)20(18)27(39)31(43)22(26)23(34(3)4)25(38)21(28(31)40)29(32)41/h10-13,18,22-23,26,35,37,40,43H,5-9H2,1-4H3,(H2,32,41)(H,33,42)/t12-,18+,22+,23?,26-,31-/m0/s1. The van der Waals surface area contributed by atoms with Gasteiger partial charge in [-0.15, -0.1) is 0 Å². The highest BCUT2D eigenvalue weighted by molar-refractivity contribution is 6.24. The second kappa shape index (κ2) is 11.0. The number of Topliss-reactive ketones (excluding diaryl/α,β-unsaturated/α-hetero) is 2. The zero-order valence-corrected chi connectivity index (χ0v) is 24.9. The minimum absolute atomic E-state index is 0.128. The number of likely N-dealkylation sites (N-methyl/N-ethyl adjacent to an activating group) is 1. The van der Waals surface area contributed by atoms with Crippen molar-refractivity contribution in [3.8, 4) is 5.75 Å². The highest BCUT2D eigenvalue weighted by atomic mass is 16.5. The first-order valence-corrected chi connectivity index (χ1v) is 14.7. The molecule has 2 amide bonds. The van der Waals surface area contributed by atoms with E-state index < -0.39 is 87.4 Å². The maximum atomic E-state index is 14.3. The van der Waals surface area contributed by atoms with Crippen molar-refractivity contribution < 1.29 is 49.1 Å². The zero-order chi connectivity index (χ0) is 32.4. The third-order valence-corrected chi connectivity index (χ3v) is 9.62. The molecule has 236 valence electrons. The number of esters is 1. The Morgan fingerprint density at radius 3 is 2.32 bits per heavy atom. The number of ketones is 2. The molecule has 4 aliphatic rings. The number of rotatable bonds is 6. The molecule has 0 bridgehead atoms. The third-order valence-electron chi connectivity index (χ3n) is 9.62. The van der Waals surface area contributed by atoms with Gasteiger partial charge in [0.25, 0.3) is 5.91 Å². The predicted molar refractivity (Wildman–Crippen MR) is 155 cm³/mol. The molecule has 1 aromatic carbocycles. The maximum absolute atomic E-state index is 14.3. The van der Waals surface area contributed by atoms with Gasteiger partial charge in [-0.3, -0.25) is 28.9 Å². The van der Waals surface area contributed by atoms with Crippen LogP contribution in [-0.2, 0) is 28.7 Å². The van der Waals surface area contributed by atoms with E-state index in [0.717, 1.165) is 12.8 Å². The third kappa shape index (κ3) is 4.40. The number of nitrogens with one attached hydrogen (secondary N) is 1. The van der Waals surface area contributed by atoms with E-state index in [1.807, 2.05) is 0 Å². The molecule has 0 heterocycles. The highest BCUT2D eigenvalue weighted by Gasteiger charge is 2.69. The van der Waals surface area contributed by atoms with Gasteiger partial charge in [-0.05, 0) is 50.6 Å². The minimum atomic E-state index is -3.02. The Morgan fingerprint density at radius 2 is 1.75 bits per heavy atom. The topological polar surface area (TPSA) is 217 Å². The van der Waals surface area contributed by atoms with Gasteiger partial charge in [0.05, 0.1) is 17.5 Å². The molecule has 13 heteroatoms. The maximum Gasteiger partial charge on any atom is 0.305 e. The van der Waals surface area contributed by atoms with Crippen LogP contribution >= 0.6 is 0 Å². The number of carbonyl (C=O) groups excluding carboxylic acids is 5. The minimum Gasteiger partial charge on any atom is -0.508 e. The van der Waals surface area contributed by atoms with Gasteiger partial charge >= 0.3 is 5.97 Å². The van der Waals surface area contributed by atoms with Gasteiger partial charge in [-0.25, -0.2) is 0 Å². The lowest BCUT2D eigenvalue weighted by molar-refractivity contribution is -0.185. The molecule has 13 nitrogen and oxygen atoms in total. The fourth-order valence-corrected chi connectivity index (χ4v) is 7.58. The number of primary amides is 1. The Bertz CT molecular complexity index is 1540. The number of aliphatic hydroxyl groups excluding tert-OH is 2. The van der Waals surface area contributed by atoms with Gasteiger partial charge < -0.3 is 36.2 Å². The summed E-state index contributed by atoms with van der Waals surface area (Å²) < 4.78 is 5.86. The average molecular weight is 612 g/mol. The number of anilines is 1. The Kier molecular flexibility index (Phi) is 7.83. The molecule has 6 atom stereocenters. The van der Waals surface area contributed by atoms with Crippen molar-refractivity contribution in [3.63, 3.8) is 0 Å². The van der Waals surface area contributed by atoms with Crippen molar-refractivity contribution in [3.05, 3.63) is 40.2 Å². The van der Waals surface area contributed by atoms with Crippen LogP contribution in [0, 0.1) is 17.8 Å². The van der Waals surface area contributed by atoms with Gasteiger partial charge in [0.1, 0.15) is 28.9 Å². The highest BCUT2D eigenvalue weighted by Crippen LogP contribution is 2.58. The molecule has 44 heavy (non-hydrogen) atoms. The molecule has 7 N–H and O–H groups in total. The summed E-state index contributed by atoms with van der Waals surface area (Å²) in [4.78, 5) is 67.6. The second-order valence-corrected chi connectivity index (χ2v) is 12.3. The van der Waals surface area contributed by atoms with E-state index in [1.54, 1.807) is 6.92 Å². The summed E-state index contributed by atoms with van der Waals surface area (Å²) in [7, 11) is 2.90. The first-order chi connectivity index (χ1) is 20.7. The number of hydrogen-bond acceptors (Lipinski definition) is 11. The number of nitrogens with two attached hydrogens (primary N) is 1. The predicted octanol–water partition coefficient (Wildman–Crippen LogP) is 1.59. The molecule has 0 radical (unpaired) electrons. The largest absolute Gasteiger partial charge is 0.508 e. The van der Waals surface area contributed by atoms with Crippen LogP contribution < -0.4 is 11.1 Å². The summed E-state index contributed by atoms with van der Waals surface area (Å²) in [5, 5.41) is 48.8. The van der Waals surface area contributed by atoms with E-state index in [2.05, 4.69) is 5.32 Å². The van der Waals surface area contributed by atoms with Gasteiger partial charge in [0, 0.05) is 29.5 Å². The SMILES string of the molecule is CCC(=O)O[C@H]1[C@H]2C(=C(O)c3c(O)ccc(NC(=O)C4CCCC4)c3[C@@H]2C)C(=O)[C@]2(O)C(O)=C(C(N)=O)C(=O)C(N(C)C)[C@H]12. The lowest BCUT2D eigenvalue weighted by atomic mass is 9.54. The van der Waals surface area contributed by atoms with Crippen LogP contribution in [0.15, 0.2) is 29.0 Å². The fraction of sp³-hybridized carbons (Fsp3) is 0.516. The molecule has 0 aliphatic heterocycles. The van der Waals surface area contributed by atoms with E-state index in [-0.39, 0.29) is 35.1 Å². The summed E-state index contributed by atoms with van der Waals surface area (Å²) >= 11 is 0. The number of carbonyl (C=O) groups is 5. The Labute approximate surface area is 253 Å². The summed E-state index contributed by atoms with van der Waals surface area (Å²) in [5.74, 6) is -11.0. The van der Waals surface area contributed by atoms with Crippen LogP contribution in [-0.4, -0.2) is 86.5 Å². The fourth-order valence-electron chi connectivity index (χ4n) is 7.58. The van der Waals surface area contributed by atoms with Crippen molar-refractivity contribution in [2.75, 3.05) is 19.4 Å². The van der Waals surface area contributed by atoms with Crippen LogP contribution in [0.25, 0.3) is 5.76 Å². The van der Waals surface area contributed by atoms with Crippen LogP contribution in [0.4, 0.5) is 5.69 Å².